The third-order valence-electron chi connectivity index (χ3n) is 5.46. The highest BCUT2D eigenvalue weighted by atomic mass is 32.1. The standard InChI is InChI=1S/C25H21NOS/c1-17(27)26-21(16-15-18-9-4-2-5-10-18)23(19-11-6-3-7-12-19)24-20-13-8-14-22(20)28-25(24)26/h2-7,9-12,15-16H,8,13-14H2,1H3/b16-15+. The van der Waals surface area contributed by atoms with Crippen molar-refractivity contribution in [3.8, 4) is 11.1 Å². The Morgan fingerprint density at radius 2 is 1.68 bits per heavy atom. The topological polar surface area (TPSA) is 22.0 Å². The first kappa shape index (κ1) is 17.2. The molecule has 138 valence electrons. The van der Waals surface area contributed by atoms with Gasteiger partial charge in [0, 0.05) is 22.8 Å². The predicted molar refractivity (Wildman–Crippen MR) is 119 cm³/mol. The maximum absolute atomic E-state index is 12.7. The van der Waals surface area contributed by atoms with Gasteiger partial charge in [0.15, 0.2) is 0 Å². The Labute approximate surface area is 168 Å². The second-order valence-electron chi connectivity index (χ2n) is 7.26. The number of hydrogen-bond donors (Lipinski definition) is 0. The predicted octanol–water partition coefficient (Wildman–Crippen LogP) is 6.69. The molecule has 0 aliphatic heterocycles. The van der Waals surface area contributed by atoms with Crippen LogP contribution in [-0.4, -0.2) is 10.5 Å². The summed E-state index contributed by atoms with van der Waals surface area (Å²) in [6.07, 6.45) is 7.67. The van der Waals surface area contributed by atoms with Crippen LogP contribution in [0.5, 0.6) is 0 Å². The zero-order chi connectivity index (χ0) is 19.1. The molecule has 0 bridgehead atoms. The van der Waals surface area contributed by atoms with Crippen molar-refractivity contribution in [1.82, 2.24) is 4.57 Å². The molecule has 1 aliphatic rings. The Balaban J connectivity index is 1.82. The highest BCUT2D eigenvalue weighted by Crippen LogP contribution is 2.46. The SMILES string of the molecule is CC(=O)n1c(/C=C/c2ccccc2)c(-c2ccccc2)c2c3c(sc21)CCC3. The summed E-state index contributed by atoms with van der Waals surface area (Å²) in [4.78, 5) is 15.3. The summed E-state index contributed by atoms with van der Waals surface area (Å²) in [5.41, 5.74) is 5.93. The maximum Gasteiger partial charge on any atom is 0.229 e. The lowest BCUT2D eigenvalue weighted by atomic mass is 9.99. The molecule has 0 saturated heterocycles. The van der Waals surface area contributed by atoms with E-state index in [1.807, 2.05) is 28.8 Å². The van der Waals surface area contributed by atoms with Gasteiger partial charge in [-0.15, -0.1) is 11.3 Å². The van der Waals surface area contributed by atoms with E-state index in [9.17, 15) is 4.79 Å². The van der Waals surface area contributed by atoms with Gasteiger partial charge in [0.1, 0.15) is 4.83 Å². The van der Waals surface area contributed by atoms with Crippen molar-refractivity contribution in [3.63, 3.8) is 0 Å². The Morgan fingerprint density at radius 1 is 0.964 bits per heavy atom. The number of benzene rings is 2. The van der Waals surface area contributed by atoms with Crippen LogP contribution >= 0.6 is 11.3 Å². The first-order chi connectivity index (χ1) is 13.7. The molecule has 0 radical (unpaired) electrons. The van der Waals surface area contributed by atoms with E-state index in [1.54, 1.807) is 18.3 Å². The third-order valence-corrected chi connectivity index (χ3v) is 6.74. The monoisotopic (exact) mass is 383 g/mol. The molecule has 0 saturated carbocycles. The smallest absolute Gasteiger partial charge is 0.229 e. The van der Waals surface area contributed by atoms with Gasteiger partial charge in [0.2, 0.25) is 5.91 Å². The number of aromatic nitrogens is 1. The summed E-state index contributed by atoms with van der Waals surface area (Å²) >= 11 is 1.80. The summed E-state index contributed by atoms with van der Waals surface area (Å²) in [5.74, 6) is 0.0693. The van der Waals surface area contributed by atoms with E-state index in [4.69, 9.17) is 0 Å². The van der Waals surface area contributed by atoms with E-state index < -0.39 is 0 Å². The lowest BCUT2D eigenvalue weighted by Gasteiger charge is -2.07. The minimum absolute atomic E-state index is 0.0693. The Bertz CT molecular complexity index is 1200. The first-order valence-electron chi connectivity index (χ1n) is 9.72. The summed E-state index contributed by atoms with van der Waals surface area (Å²) in [6, 6.07) is 20.7. The molecule has 0 fully saturated rings. The number of thiophene rings is 1. The number of hydrogen-bond acceptors (Lipinski definition) is 2. The van der Waals surface area contributed by atoms with Gasteiger partial charge in [-0.05, 0) is 42.0 Å². The molecular formula is C25H21NOS. The molecule has 2 aromatic heterocycles. The summed E-state index contributed by atoms with van der Waals surface area (Å²) in [7, 11) is 0. The van der Waals surface area contributed by atoms with Crippen LogP contribution in [0.15, 0.2) is 60.7 Å². The number of fused-ring (bicyclic) bond motifs is 3. The van der Waals surface area contributed by atoms with Gasteiger partial charge in [0.25, 0.3) is 0 Å². The molecule has 2 nitrogen and oxygen atoms in total. The van der Waals surface area contributed by atoms with Crippen LogP contribution in [0.25, 0.3) is 33.5 Å². The van der Waals surface area contributed by atoms with Gasteiger partial charge >= 0.3 is 0 Å². The Morgan fingerprint density at radius 3 is 2.39 bits per heavy atom. The number of carbonyl (C=O) groups excluding carboxylic acids is 1. The molecule has 4 aromatic rings. The Kier molecular flexibility index (Phi) is 4.25. The van der Waals surface area contributed by atoms with Crippen LogP contribution in [-0.2, 0) is 12.8 Å². The minimum atomic E-state index is 0.0693. The van der Waals surface area contributed by atoms with Gasteiger partial charge in [-0.1, -0.05) is 66.7 Å². The lowest BCUT2D eigenvalue weighted by molar-refractivity contribution is 0.0941. The fraction of sp³-hybridized carbons (Fsp3) is 0.160. The molecule has 0 amide bonds. The van der Waals surface area contributed by atoms with E-state index in [0.29, 0.717) is 0 Å². The average molecular weight is 384 g/mol. The van der Waals surface area contributed by atoms with Crippen LogP contribution in [0.3, 0.4) is 0 Å². The van der Waals surface area contributed by atoms with Gasteiger partial charge in [-0.3, -0.25) is 9.36 Å². The van der Waals surface area contributed by atoms with E-state index in [1.165, 1.54) is 33.4 Å². The van der Waals surface area contributed by atoms with Crippen molar-refractivity contribution in [3.05, 3.63) is 82.4 Å². The minimum Gasteiger partial charge on any atom is -0.274 e. The highest BCUT2D eigenvalue weighted by Gasteiger charge is 2.27. The van der Waals surface area contributed by atoms with Crippen molar-refractivity contribution >= 4 is 39.6 Å². The highest BCUT2D eigenvalue weighted by molar-refractivity contribution is 7.19. The second-order valence-corrected chi connectivity index (χ2v) is 8.35. The largest absolute Gasteiger partial charge is 0.274 e. The van der Waals surface area contributed by atoms with Crippen LogP contribution < -0.4 is 0 Å². The van der Waals surface area contributed by atoms with Crippen molar-refractivity contribution in [2.75, 3.05) is 0 Å². The van der Waals surface area contributed by atoms with Crippen LogP contribution in [0.4, 0.5) is 0 Å². The van der Waals surface area contributed by atoms with E-state index in [2.05, 4.69) is 48.6 Å². The number of nitrogens with zero attached hydrogens (tertiary/aromatic N) is 1. The molecule has 2 aromatic carbocycles. The quantitative estimate of drug-likeness (QED) is 0.386. The van der Waals surface area contributed by atoms with Gasteiger partial charge in [-0.25, -0.2) is 0 Å². The fourth-order valence-corrected chi connectivity index (χ4v) is 5.71. The fourth-order valence-electron chi connectivity index (χ4n) is 4.26. The Hall–Kier alpha value is -2.91. The summed E-state index contributed by atoms with van der Waals surface area (Å²) < 4.78 is 1.92. The molecule has 5 rings (SSSR count). The van der Waals surface area contributed by atoms with E-state index in [0.717, 1.165) is 28.9 Å². The normalized spacial score (nSPS) is 13.5. The van der Waals surface area contributed by atoms with Crippen LogP contribution in [0, 0.1) is 0 Å². The summed E-state index contributed by atoms with van der Waals surface area (Å²) in [6.45, 7) is 1.67. The summed E-state index contributed by atoms with van der Waals surface area (Å²) in [5, 5.41) is 1.28. The maximum atomic E-state index is 12.7. The number of carbonyl (C=O) groups is 1. The molecule has 0 N–H and O–H groups in total. The molecule has 3 heteroatoms. The van der Waals surface area contributed by atoms with E-state index >= 15 is 0 Å². The van der Waals surface area contributed by atoms with Crippen LogP contribution in [0.2, 0.25) is 0 Å². The van der Waals surface area contributed by atoms with Gasteiger partial charge in [-0.2, -0.15) is 0 Å². The lowest BCUT2D eigenvalue weighted by Crippen LogP contribution is -2.06. The molecule has 1 aliphatic carbocycles. The van der Waals surface area contributed by atoms with E-state index in [-0.39, 0.29) is 5.91 Å². The zero-order valence-electron chi connectivity index (χ0n) is 15.8. The second kappa shape index (κ2) is 6.92. The molecule has 28 heavy (non-hydrogen) atoms. The molecule has 0 unspecified atom stereocenters. The van der Waals surface area contributed by atoms with Crippen molar-refractivity contribution in [2.24, 2.45) is 0 Å². The molecule has 0 spiro atoms. The molecular weight excluding hydrogens is 362 g/mol. The zero-order valence-corrected chi connectivity index (χ0v) is 16.6. The average Bonchev–Trinajstić information content (AvgIpc) is 3.37. The van der Waals surface area contributed by atoms with Crippen molar-refractivity contribution in [1.29, 1.82) is 0 Å². The van der Waals surface area contributed by atoms with Gasteiger partial charge in [0.05, 0.1) is 5.69 Å². The van der Waals surface area contributed by atoms with Crippen LogP contribution in [0.1, 0.15) is 39.8 Å². The molecule has 2 heterocycles. The number of aryl methyl sites for hydroxylation is 2. The van der Waals surface area contributed by atoms with Crippen molar-refractivity contribution < 1.29 is 4.79 Å². The third kappa shape index (κ3) is 2.74. The number of rotatable bonds is 3. The van der Waals surface area contributed by atoms with Crippen molar-refractivity contribution in [2.45, 2.75) is 26.2 Å². The first-order valence-corrected chi connectivity index (χ1v) is 10.5. The molecule has 0 atom stereocenters. The van der Waals surface area contributed by atoms with Gasteiger partial charge < -0.3 is 0 Å².